The van der Waals surface area contributed by atoms with E-state index < -0.39 is 0 Å². The Morgan fingerprint density at radius 1 is 1.24 bits per heavy atom. The number of aryl methyl sites for hydroxylation is 1. The zero-order chi connectivity index (χ0) is 17.6. The van der Waals surface area contributed by atoms with Gasteiger partial charge in [0.15, 0.2) is 0 Å². The van der Waals surface area contributed by atoms with Crippen molar-refractivity contribution in [2.45, 2.75) is 26.4 Å². The van der Waals surface area contributed by atoms with Gasteiger partial charge in [0.25, 0.3) is 0 Å². The number of thioether (sulfide) groups is 1. The molecule has 0 saturated carbocycles. The van der Waals surface area contributed by atoms with Crippen molar-refractivity contribution in [2.75, 3.05) is 29.9 Å². The minimum Gasteiger partial charge on any atom is -0.326 e. The van der Waals surface area contributed by atoms with Gasteiger partial charge in [-0.15, -0.1) is 0 Å². The molecule has 2 heterocycles. The number of thiazole rings is 1. The quantitative estimate of drug-likeness (QED) is 0.841. The number of nitrogens with one attached hydrogen (secondary N) is 1. The highest BCUT2D eigenvalue weighted by Gasteiger charge is 2.14. The Labute approximate surface area is 156 Å². The van der Waals surface area contributed by atoms with Crippen LogP contribution in [0.15, 0.2) is 34.4 Å². The van der Waals surface area contributed by atoms with Gasteiger partial charge in [-0.05, 0) is 18.6 Å². The van der Waals surface area contributed by atoms with Crippen molar-refractivity contribution in [1.29, 1.82) is 0 Å². The van der Waals surface area contributed by atoms with Crippen molar-refractivity contribution in [2.24, 2.45) is 0 Å². The number of carbonyl (C=O) groups is 1. The van der Waals surface area contributed by atoms with E-state index in [9.17, 15) is 9.59 Å². The van der Waals surface area contributed by atoms with Crippen LogP contribution < -0.4 is 10.2 Å². The number of amides is 1. The Morgan fingerprint density at radius 2 is 2.00 bits per heavy atom. The first kappa shape index (κ1) is 18.2. The van der Waals surface area contributed by atoms with Crippen LogP contribution in [-0.2, 0) is 17.9 Å². The highest BCUT2D eigenvalue weighted by molar-refractivity contribution is 7.99. The molecule has 1 saturated heterocycles. The van der Waals surface area contributed by atoms with Gasteiger partial charge < -0.3 is 9.88 Å². The average molecular weight is 378 g/mol. The average Bonchev–Trinajstić information content (AvgIpc) is 2.94. The van der Waals surface area contributed by atoms with E-state index in [0.29, 0.717) is 13.0 Å². The summed E-state index contributed by atoms with van der Waals surface area (Å²) in [5, 5.41) is 4.84. The summed E-state index contributed by atoms with van der Waals surface area (Å²) in [5.41, 5.74) is 2.93. The fraction of sp³-hybridized carbons (Fsp3) is 0.444. The zero-order valence-electron chi connectivity index (χ0n) is 14.4. The van der Waals surface area contributed by atoms with Crippen LogP contribution in [0.25, 0.3) is 0 Å². The normalized spacial score (nSPS) is 15.2. The lowest BCUT2D eigenvalue weighted by molar-refractivity contribution is -0.116. The first-order valence-corrected chi connectivity index (χ1v) is 10.5. The van der Waals surface area contributed by atoms with E-state index in [2.05, 4.69) is 16.3 Å². The molecule has 0 spiro atoms. The SMILES string of the molecule is Cc1csc(=O)n1CCC(=O)Nc1ccccc1CN1CCSCC1. The second-order valence-corrected chi connectivity index (χ2v) is 8.18. The smallest absolute Gasteiger partial charge is 0.307 e. The summed E-state index contributed by atoms with van der Waals surface area (Å²) in [6.07, 6.45) is 0.298. The predicted molar refractivity (Wildman–Crippen MR) is 106 cm³/mol. The Hall–Kier alpha value is -1.57. The monoisotopic (exact) mass is 377 g/mol. The van der Waals surface area contributed by atoms with Crippen LogP contribution in [-0.4, -0.2) is 40.0 Å². The van der Waals surface area contributed by atoms with Crippen molar-refractivity contribution in [3.63, 3.8) is 0 Å². The number of hydrogen-bond acceptors (Lipinski definition) is 5. The van der Waals surface area contributed by atoms with Crippen molar-refractivity contribution in [1.82, 2.24) is 9.47 Å². The van der Waals surface area contributed by atoms with Crippen LogP contribution in [0.4, 0.5) is 5.69 Å². The summed E-state index contributed by atoms with van der Waals surface area (Å²) in [6.45, 7) is 5.36. The molecular weight excluding hydrogens is 354 g/mol. The molecular formula is C18H23N3O2S2. The van der Waals surface area contributed by atoms with Gasteiger partial charge in [0.05, 0.1) is 0 Å². The molecule has 1 N–H and O–H groups in total. The van der Waals surface area contributed by atoms with E-state index in [1.165, 1.54) is 22.8 Å². The number of anilines is 1. The molecule has 7 heteroatoms. The van der Waals surface area contributed by atoms with E-state index >= 15 is 0 Å². The number of hydrogen-bond donors (Lipinski definition) is 1. The summed E-state index contributed by atoms with van der Waals surface area (Å²) >= 11 is 3.17. The van der Waals surface area contributed by atoms with E-state index in [4.69, 9.17) is 0 Å². The fourth-order valence-corrected chi connectivity index (χ4v) is 4.62. The maximum absolute atomic E-state index is 12.3. The van der Waals surface area contributed by atoms with Gasteiger partial charge in [-0.25, -0.2) is 0 Å². The molecule has 3 rings (SSSR count). The van der Waals surface area contributed by atoms with Crippen molar-refractivity contribution in [3.05, 3.63) is 50.6 Å². The van der Waals surface area contributed by atoms with Gasteiger partial charge >= 0.3 is 4.87 Å². The standard InChI is InChI=1S/C18H23N3O2S2/c1-14-13-25-18(23)21(14)7-6-17(22)19-16-5-3-2-4-15(16)12-20-8-10-24-11-9-20/h2-5,13H,6-12H2,1H3,(H,19,22). The van der Waals surface area contributed by atoms with Gasteiger partial charge in [0, 0.05) is 60.9 Å². The molecule has 1 aliphatic rings. The summed E-state index contributed by atoms with van der Waals surface area (Å²) in [4.78, 5) is 26.5. The van der Waals surface area contributed by atoms with Gasteiger partial charge in [-0.2, -0.15) is 11.8 Å². The fourth-order valence-electron chi connectivity index (χ4n) is 2.88. The van der Waals surface area contributed by atoms with E-state index in [-0.39, 0.29) is 10.8 Å². The molecule has 1 fully saturated rings. The highest BCUT2D eigenvalue weighted by atomic mass is 32.2. The van der Waals surface area contributed by atoms with Gasteiger partial charge in [0.2, 0.25) is 5.91 Å². The molecule has 0 aliphatic carbocycles. The number of rotatable bonds is 6. The molecule has 1 aromatic heterocycles. The molecule has 0 bridgehead atoms. The maximum atomic E-state index is 12.3. The molecule has 1 aromatic carbocycles. The summed E-state index contributed by atoms with van der Waals surface area (Å²) in [7, 11) is 0. The molecule has 0 unspecified atom stereocenters. The molecule has 2 aromatic rings. The number of aromatic nitrogens is 1. The van der Waals surface area contributed by atoms with Crippen molar-refractivity contribution >= 4 is 34.7 Å². The van der Waals surface area contributed by atoms with Gasteiger partial charge in [-0.3, -0.25) is 14.5 Å². The summed E-state index contributed by atoms with van der Waals surface area (Å²) < 4.78 is 1.65. The number of para-hydroxylation sites is 1. The molecule has 134 valence electrons. The molecule has 0 radical (unpaired) electrons. The van der Waals surface area contributed by atoms with Crippen LogP contribution in [0.5, 0.6) is 0 Å². The molecule has 1 aliphatic heterocycles. The number of nitrogens with zero attached hydrogens (tertiary/aromatic N) is 2. The maximum Gasteiger partial charge on any atom is 0.307 e. The Morgan fingerprint density at radius 3 is 2.72 bits per heavy atom. The lowest BCUT2D eigenvalue weighted by Crippen LogP contribution is -2.32. The third-order valence-corrected chi connectivity index (χ3v) is 6.15. The second-order valence-electron chi connectivity index (χ2n) is 6.14. The lowest BCUT2D eigenvalue weighted by atomic mass is 10.1. The third-order valence-electron chi connectivity index (χ3n) is 4.33. The Balaban J connectivity index is 1.60. The second kappa shape index (κ2) is 8.69. The van der Waals surface area contributed by atoms with Crippen LogP contribution in [0.3, 0.4) is 0 Å². The highest BCUT2D eigenvalue weighted by Crippen LogP contribution is 2.20. The van der Waals surface area contributed by atoms with Crippen LogP contribution in [0, 0.1) is 6.92 Å². The van der Waals surface area contributed by atoms with Crippen LogP contribution in [0.2, 0.25) is 0 Å². The number of carbonyl (C=O) groups excluding carboxylic acids is 1. The van der Waals surface area contributed by atoms with Crippen molar-refractivity contribution in [3.8, 4) is 0 Å². The van der Waals surface area contributed by atoms with E-state index in [0.717, 1.165) is 36.6 Å². The summed E-state index contributed by atoms with van der Waals surface area (Å²) in [5.74, 6) is 2.28. The molecule has 0 atom stereocenters. The predicted octanol–water partition coefficient (Wildman–Crippen LogP) is 2.80. The Kier molecular flexibility index (Phi) is 6.34. The van der Waals surface area contributed by atoms with Crippen molar-refractivity contribution < 1.29 is 4.79 Å². The minimum absolute atomic E-state index is 0.00586. The van der Waals surface area contributed by atoms with Gasteiger partial charge in [-0.1, -0.05) is 29.5 Å². The topological polar surface area (TPSA) is 54.3 Å². The van der Waals surface area contributed by atoms with E-state index in [1.807, 2.05) is 42.3 Å². The molecule has 25 heavy (non-hydrogen) atoms. The zero-order valence-corrected chi connectivity index (χ0v) is 16.0. The number of benzene rings is 1. The lowest BCUT2D eigenvalue weighted by Gasteiger charge is -2.27. The van der Waals surface area contributed by atoms with E-state index in [1.54, 1.807) is 4.57 Å². The van der Waals surface area contributed by atoms with Crippen LogP contribution >= 0.6 is 23.1 Å². The molecule has 5 nitrogen and oxygen atoms in total. The first-order chi connectivity index (χ1) is 12.1. The Bertz CT molecular complexity index is 779. The third kappa shape index (κ3) is 4.96. The summed E-state index contributed by atoms with van der Waals surface area (Å²) in [6, 6.07) is 7.98. The minimum atomic E-state index is -0.0563. The largest absolute Gasteiger partial charge is 0.326 e. The van der Waals surface area contributed by atoms with Gasteiger partial charge in [0.1, 0.15) is 0 Å². The van der Waals surface area contributed by atoms with Crippen LogP contribution in [0.1, 0.15) is 17.7 Å². The molecule has 1 amide bonds. The first-order valence-electron chi connectivity index (χ1n) is 8.46.